The maximum Gasteiger partial charge on any atom is 0.242 e. The molecular weight excluding hydrogens is 394 g/mol. The Bertz CT molecular complexity index is 1130. The van der Waals surface area contributed by atoms with Crippen LogP contribution in [0.2, 0.25) is 0 Å². The largest absolute Gasteiger partial charge is 0.464 e. The van der Waals surface area contributed by atoms with Crippen LogP contribution in [0.5, 0.6) is 0 Å². The number of nitrogens with one attached hydrogen (secondary N) is 1. The predicted octanol–water partition coefficient (Wildman–Crippen LogP) is 3.02. The first kappa shape index (κ1) is 17.3. The molecule has 0 radical (unpaired) electrons. The van der Waals surface area contributed by atoms with Crippen LogP contribution in [-0.2, 0) is 10.0 Å². The van der Waals surface area contributed by atoms with E-state index in [0.717, 1.165) is 16.6 Å². The van der Waals surface area contributed by atoms with Crippen molar-refractivity contribution in [3.8, 4) is 10.6 Å². The van der Waals surface area contributed by atoms with Crippen LogP contribution in [0.15, 0.2) is 58.0 Å². The minimum Gasteiger partial charge on any atom is -0.464 e. The molecule has 0 bridgehead atoms. The van der Waals surface area contributed by atoms with Crippen molar-refractivity contribution < 1.29 is 17.9 Å². The minimum absolute atomic E-state index is 0.0541. The molecule has 3 aromatic heterocycles. The van der Waals surface area contributed by atoms with Crippen LogP contribution in [-0.4, -0.2) is 28.8 Å². The Morgan fingerprint density at radius 1 is 1.15 bits per heavy atom. The molecule has 26 heavy (non-hydrogen) atoms. The van der Waals surface area contributed by atoms with E-state index in [-0.39, 0.29) is 11.4 Å². The van der Waals surface area contributed by atoms with E-state index in [4.69, 9.17) is 4.42 Å². The summed E-state index contributed by atoms with van der Waals surface area (Å²) in [6.45, 7) is -0.144. The Kier molecular flexibility index (Phi) is 4.59. The topological polar surface area (TPSA) is 105 Å². The summed E-state index contributed by atoms with van der Waals surface area (Å²) < 4.78 is 41.0. The van der Waals surface area contributed by atoms with Crippen molar-refractivity contribution in [1.82, 2.24) is 13.5 Å². The van der Waals surface area contributed by atoms with Gasteiger partial charge in [-0.1, -0.05) is 6.07 Å². The van der Waals surface area contributed by atoms with Crippen LogP contribution in [0, 0.1) is 0 Å². The lowest BCUT2D eigenvalue weighted by Crippen LogP contribution is -2.28. The maximum atomic E-state index is 12.6. The molecule has 0 aliphatic rings. The Hall–Kier alpha value is -2.11. The first-order valence-electron chi connectivity index (χ1n) is 7.57. The average molecular weight is 407 g/mol. The van der Waals surface area contributed by atoms with Gasteiger partial charge >= 0.3 is 0 Å². The number of hydrogen-bond acceptors (Lipinski definition) is 8. The SMILES string of the molecule is O=S(=O)(NCC(O)c1ccc(-c2ccco2)s1)c1cccc2nsnc12. The number of aliphatic hydroxyl groups excluding tert-OH is 1. The van der Waals surface area contributed by atoms with Gasteiger partial charge in [-0.15, -0.1) is 11.3 Å². The number of furan rings is 1. The van der Waals surface area contributed by atoms with E-state index >= 15 is 0 Å². The van der Waals surface area contributed by atoms with Crippen molar-refractivity contribution in [2.45, 2.75) is 11.0 Å². The van der Waals surface area contributed by atoms with Crippen molar-refractivity contribution in [3.05, 3.63) is 53.6 Å². The fourth-order valence-electron chi connectivity index (χ4n) is 2.45. The van der Waals surface area contributed by atoms with Crippen LogP contribution in [0.4, 0.5) is 0 Å². The highest BCUT2D eigenvalue weighted by Crippen LogP contribution is 2.31. The Morgan fingerprint density at radius 2 is 2.04 bits per heavy atom. The Balaban J connectivity index is 1.50. The van der Waals surface area contributed by atoms with E-state index in [9.17, 15) is 13.5 Å². The van der Waals surface area contributed by atoms with Crippen LogP contribution in [0.25, 0.3) is 21.7 Å². The maximum absolute atomic E-state index is 12.6. The van der Waals surface area contributed by atoms with Gasteiger partial charge in [-0.3, -0.25) is 0 Å². The predicted molar refractivity (Wildman–Crippen MR) is 99.6 cm³/mol. The summed E-state index contributed by atoms with van der Waals surface area (Å²) in [5, 5.41) is 10.3. The van der Waals surface area contributed by atoms with Gasteiger partial charge in [-0.25, -0.2) is 13.1 Å². The third-order valence-electron chi connectivity index (χ3n) is 3.72. The zero-order valence-corrected chi connectivity index (χ0v) is 15.6. The molecule has 4 aromatic rings. The normalized spacial score (nSPS) is 13.3. The smallest absolute Gasteiger partial charge is 0.242 e. The van der Waals surface area contributed by atoms with Crippen LogP contribution in [0.3, 0.4) is 0 Å². The van der Waals surface area contributed by atoms with E-state index in [1.54, 1.807) is 30.5 Å². The molecule has 0 fully saturated rings. The van der Waals surface area contributed by atoms with Crippen LogP contribution in [0.1, 0.15) is 11.0 Å². The fourth-order valence-corrected chi connectivity index (χ4v) is 5.21. The summed E-state index contributed by atoms with van der Waals surface area (Å²) in [6, 6.07) is 12.0. The summed E-state index contributed by atoms with van der Waals surface area (Å²) in [5.41, 5.74) is 0.857. The molecular formula is C16H13N3O4S3. The molecule has 4 rings (SSSR count). The molecule has 0 amide bonds. The van der Waals surface area contributed by atoms with Gasteiger partial charge in [-0.2, -0.15) is 8.75 Å². The number of hydrogen-bond donors (Lipinski definition) is 2. The number of aliphatic hydroxyl groups is 1. The molecule has 7 nitrogen and oxygen atoms in total. The molecule has 134 valence electrons. The van der Waals surface area contributed by atoms with Gasteiger partial charge in [0.2, 0.25) is 10.0 Å². The van der Waals surface area contributed by atoms with Crippen molar-refractivity contribution in [2.75, 3.05) is 6.54 Å². The molecule has 0 spiro atoms. The van der Waals surface area contributed by atoms with Gasteiger partial charge in [0.05, 0.1) is 22.9 Å². The van der Waals surface area contributed by atoms with Gasteiger partial charge in [0.1, 0.15) is 27.8 Å². The third kappa shape index (κ3) is 3.29. The second kappa shape index (κ2) is 6.89. The Morgan fingerprint density at radius 3 is 2.85 bits per heavy atom. The van der Waals surface area contributed by atoms with E-state index in [1.807, 2.05) is 12.1 Å². The molecule has 0 aliphatic heterocycles. The second-order valence-corrected chi connectivity index (χ2v) is 8.81. The number of nitrogens with zero attached hydrogens (tertiary/aromatic N) is 2. The summed E-state index contributed by atoms with van der Waals surface area (Å²) in [7, 11) is -3.82. The van der Waals surface area contributed by atoms with Gasteiger partial charge in [0.25, 0.3) is 0 Å². The standard InChI is InChI=1S/C16H13N3O4S3/c20-11(13-6-7-14(24-13)12-4-2-8-23-12)9-17-26(21,22)15-5-1-3-10-16(15)19-25-18-10/h1-8,11,17,20H,9H2. The third-order valence-corrected chi connectivity index (χ3v) is 6.92. The summed E-state index contributed by atoms with van der Waals surface area (Å²) in [5.74, 6) is 0.705. The molecule has 1 atom stereocenters. The first-order valence-corrected chi connectivity index (χ1v) is 10.6. The molecule has 0 saturated heterocycles. The van der Waals surface area contributed by atoms with Gasteiger partial charge in [-0.05, 0) is 36.4 Å². The number of aromatic nitrogens is 2. The lowest BCUT2D eigenvalue weighted by molar-refractivity contribution is 0.186. The van der Waals surface area contributed by atoms with Crippen LogP contribution < -0.4 is 4.72 Å². The number of thiophene rings is 1. The number of rotatable bonds is 6. The average Bonchev–Trinajstić information content (AvgIpc) is 3.39. The molecule has 10 heteroatoms. The summed E-state index contributed by atoms with van der Waals surface area (Å²) in [6.07, 6.45) is 0.610. The van der Waals surface area contributed by atoms with Crippen molar-refractivity contribution in [1.29, 1.82) is 0 Å². The van der Waals surface area contributed by atoms with Gasteiger partial charge in [0, 0.05) is 11.4 Å². The highest BCUT2D eigenvalue weighted by atomic mass is 32.2. The van der Waals surface area contributed by atoms with E-state index in [1.165, 1.54) is 17.4 Å². The van der Waals surface area contributed by atoms with E-state index < -0.39 is 16.1 Å². The molecule has 0 aliphatic carbocycles. The number of benzene rings is 1. The van der Waals surface area contributed by atoms with Crippen molar-refractivity contribution in [2.24, 2.45) is 0 Å². The summed E-state index contributed by atoms with van der Waals surface area (Å²) >= 11 is 2.31. The van der Waals surface area contributed by atoms with E-state index in [0.29, 0.717) is 21.7 Å². The lowest BCUT2D eigenvalue weighted by Gasteiger charge is -2.11. The molecule has 1 unspecified atom stereocenters. The highest BCUT2D eigenvalue weighted by molar-refractivity contribution is 7.89. The van der Waals surface area contributed by atoms with Gasteiger partial charge < -0.3 is 9.52 Å². The summed E-state index contributed by atoms with van der Waals surface area (Å²) in [4.78, 5) is 1.57. The molecule has 1 aromatic carbocycles. The highest BCUT2D eigenvalue weighted by Gasteiger charge is 2.21. The quantitative estimate of drug-likeness (QED) is 0.509. The first-order chi connectivity index (χ1) is 12.5. The molecule has 2 N–H and O–H groups in total. The van der Waals surface area contributed by atoms with Crippen molar-refractivity contribution in [3.63, 3.8) is 0 Å². The Labute approximate surface area is 157 Å². The monoisotopic (exact) mass is 407 g/mol. The fraction of sp³-hybridized carbons (Fsp3) is 0.125. The number of fused-ring (bicyclic) bond motifs is 1. The van der Waals surface area contributed by atoms with Crippen LogP contribution >= 0.6 is 23.1 Å². The molecule has 3 heterocycles. The number of sulfonamides is 1. The lowest BCUT2D eigenvalue weighted by atomic mass is 10.3. The van der Waals surface area contributed by atoms with E-state index in [2.05, 4.69) is 13.5 Å². The molecule has 0 saturated carbocycles. The zero-order valence-electron chi connectivity index (χ0n) is 13.2. The second-order valence-electron chi connectivity index (χ2n) is 5.44. The minimum atomic E-state index is -3.82. The van der Waals surface area contributed by atoms with Crippen molar-refractivity contribution >= 4 is 44.1 Å². The van der Waals surface area contributed by atoms with Gasteiger partial charge in [0.15, 0.2) is 0 Å². The zero-order chi connectivity index (χ0) is 18.1.